The third-order valence-electron chi connectivity index (χ3n) is 2.92. The number of hydrogen-bond donors (Lipinski definition) is 1. The Kier molecular flexibility index (Phi) is 3.04. The van der Waals surface area contributed by atoms with E-state index >= 15 is 0 Å². The van der Waals surface area contributed by atoms with Gasteiger partial charge >= 0.3 is 0 Å². The largest absolute Gasteiger partial charge is 0.334 e. The van der Waals surface area contributed by atoms with Crippen LogP contribution in [0.5, 0.6) is 0 Å². The van der Waals surface area contributed by atoms with Gasteiger partial charge in [-0.1, -0.05) is 35.0 Å². The maximum absolute atomic E-state index is 12.6. The van der Waals surface area contributed by atoms with Gasteiger partial charge < -0.3 is 10.3 Å². The molecule has 20 heavy (non-hydrogen) atoms. The highest BCUT2D eigenvalue weighted by Crippen LogP contribution is 2.21. The molecule has 0 aliphatic heterocycles. The van der Waals surface area contributed by atoms with Crippen molar-refractivity contribution in [1.29, 1.82) is 0 Å². The summed E-state index contributed by atoms with van der Waals surface area (Å²) >= 11 is 5.88. The number of benzene rings is 1. The second-order valence-electron chi connectivity index (χ2n) is 4.39. The first kappa shape index (κ1) is 12.8. The van der Waals surface area contributed by atoms with E-state index in [1.807, 2.05) is 18.2 Å². The van der Waals surface area contributed by atoms with E-state index in [-0.39, 0.29) is 21.8 Å². The number of nitrogens with two attached hydrogens (primary N) is 1. The summed E-state index contributed by atoms with van der Waals surface area (Å²) in [6.45, 7) is 1.74. The molecule has 0 radical (unpaired) electrons. The van der Waals surface area contributed by atoms with Crippen molar-refractivity contribution in [3.05, 3.63) is 51.7 Å². The lowest BCUT2D eigenvalue weighted by Crippen LogP contribution is -2.27. The number of hydrogen-bond acceptors (Lipinski definition) is 5. The third-order valence-corrected chi connectivity index (χ3v) is 3.17. The summed E-state index contributed by atoms with van der Waals surface area (Å²) in [7, 11) is 0. The highest BCUT2D eigenvalue weighted by Gasteiger charge is 2.20. The van der Waals surface area contributed by atoms with E-state index in [1.54, 1.807) is 19.1 Å². The molecule has 102 valence electrons. The molecule has 2 aromatic heterocycles. The second-order valence-corrected chi connectivity index (χ2v) is 4.75. The molecule has 0 saturated carbocycles. The van der Waals surface area contributed by atoms with E-state index in [2.05, 4.69) is 10.1 Å². The van der Waals surface area contributed by atoms with Gasteiger partial charge in [0.1, 0.15) is 11.2 Å². The molecule has 3 rings (SSSR count). The Morgan fingerprint density at radius 2 is 2.05 bits per heavy atom. The monoisotopic (exact) mass is 290 g/mol. The van der Waals surface area contributed by atoms with Gasteiger partial charge in [0.2, 0.25) is 0 Å². The Labute approximate surface area is 118 Å². The molecule has 2 heterocycles. The predicted octanol–water partition coefficient (Wildman–Crippen LogP) is 2.05. The SMILES string of the molecule is CC(N)c1nc2onc(Cl)c2c(=O)n1-c1ccccc1. The van der Waals surface area contributed by atoms with Crippen LogP contribution in [0.3, 0.4) is 0 Å². The van der Waals surface area contributed by atoms with Crippen molar-refractivity contribution in [2.45, 2.75) is 13.0 Å². The number of para-hydroxylation sites is 1. The van der Waals surface area contributed by atoms with Crippen LogP contribution in [-0.4, -0.2) is 14.7 Å². The third kappa shape index (κ3) is 1.90. The lowest BCUT2D eigenvalue weighted by molar-refractivity contribution is 0.446. The molecule has 3 aromatic rings. The van der Waals surface area contributed by atoms with Gasteiger partial charge in [-0.05, 0) is 19.1 Å². The highest BCUT2D eigenvalue weighted by molar-refractivity contribution is 6.33. The second kappa shape index (κ2) is 4.73. The van der Waals surface area contributed by atoms with Crippen LogP contribution in [0, 0.1) is 0 Å². The number of aromatic nitrogens is 3. The van der Waals surface area contributed by atoms with Crippen molar-refractivity contribution in [3.8, 4) is 5.69 Å². The molecule has 0 aliphatic carbocycles. The van der Waals surface area contributed by atoms with Crippen LogP contribution in [0.25, 0.3) is 16.8 Å². The number of nitrogens with zero attached hydrogens (tertiary/aromatic N) is 3. The van der Waals surface area contributed by atoms with Gasteiger partial charge in [-0.25, -0.2) is 0 Å². The first-order chi connectivity index (χ1) is 9.59. The van der Waals surface area contributed by atoms with E-state index in [0.717, 1.165) is 0 Å². The van der Waals surface area contributed by atoms with Crippen molar-refractivity contribution in [3.63, 3.8) is 0 Å². The Hall–Kier alpha value is -2.18. The first-order valence-electron chi connectivity index (χ1n) is 5.98. The summed E-state index contributed by atoms with van der Waals surface area (Å²) in [5.74, 6) is 0.390. The zero-order chi connectivity index (χ0) is 14.3. The van der Waals surface area contributed by atoms with Crippen LogP contribution in [0.15, 0.2) is 39.6 Å². The van der Waals surface area contributed by atoms with Crippen LogP contribution in [-0.2, 0) is 0 Å². The van der Waals surface area contributed by atoms with E-state index < -0.39 is 6.04 Å². The van der Waals surface area contributed by atoms with E-state index in [0.29, 0.717) is 11.5 Å². The fourth-order valence-electron chi connectivity index (χ4n) is 2.02. The molecule has 1 atom stereocenters. The van der Waals surface area contributed by atoms with Gasteiger partial charge in [-0.2, -0.15) is 4.98 Å². The molecule has 2 N–H and O–H groups in total. The molecular weight excluding hydrogens is 280 g/mol. The molecule has 1 unspecified atom stereocenters. The standard InChI is InChI=1S/C13H11ClN4O2/c1-7(15)11-16-12-9(10(14)17-20-12)13(19)18(11)8-5-3-2-4-6-8/h2-7H,15H2,1H3. The first-order valence-corrected chi connectivity index (χ1v) is 6.36. The zero-order valence-corrected chi connectivity index (χ0v) is 11.3. The minimum absolute atomic E-state index is 0.00148. The van der Waals surface area contributed by atoms with Gasteiger partial charge in [0, 0.05) is 0 Å². The lowest BCUT2D eigenvalue weighted by Gasteiger charge is -2.13. The van der Waals surface area contributed by atoms with Gasteiger partial charge in [0.05, 0.1) is 11.7 Å². The summed E-state index contributed by atoms with van der Waals surface area (Å²) in [5, 5.41) is 3.72. The summed E-state index contributed by atoms with van der Waals surface area (Å²) < 4.78 is 6.38. The Balaban J connectivity index is 2.45. The molecule has 0 aliphatic rings. The van der Waals surface area contributed by atoms with Crippen LogP contribution in [0.1, 0.15) is 18.8 Å². The van der Waals surface area contributed by atoms with Crippen molar-refractivity contribution in [2.75, 3.05) is 0 Å². The Bertz CT molecular complexity index is 823. The molecule has 0 saturated heterocycles. The minimum Gasteiger partial charge on any atom is -0.334 e. The Morgan fingerprint density at radius 1 is 1.35 bits per heavy atom. The number of rotatable bonds is 2. The van der Waals surface area contributed by atoms with Crippen LogP contribution >= 0.6 is 11.6 Å². The van der Waals surface area contributed by atoms with Crippen molar-refractivity contribution < 1.29 is 4.52 Å². The lowest BCUT2D eigenvalue weighted by atomic mass is 10.2. The number of fused-ring (bicyclic) bond motifs is 1. The van der Waals surface area contributed by atoms with E-state index in [9.17, 15) is 4.79 Å². The molecular formula is C13H11ClN4O2. The predicted molar refractivity (Wildman–Crippen MR) is 75.0 cm³/mol. The van der Waals surface area contributed by atoms with Crippen LogP contribution < -0.4 is 11.3 Å². The summed E-state index contributed by atoms with van der Waals surface area (Å²) in [6.07, 6.45) is 0. The summed E-state index contributed by atoms with van der Waals surface area (Å²) in [6, 6.07) is 8.65. The quantitative estimate of drug-likeness (QED) is 0.780. The van der Waals surface area contributed by atoms with Crippen molar-refractivity contribution in [2.24, 2.45) is 5.73 Å². The topological polar surface area (TPSA) is 86.9 Å². The van der Waals surface area contributed by atoms with Gasteiger partial charge in [-0.15, -0.1) is 0 Å². The molecule has 1 aromatic carbocycles. The number of halogens is 1. The van der Waals surface area contributed by atoms with Gasteiger partial charge in [-0.3, -0.25) is 9.36 Å². The highest BCUT2D eigenvalue weighted by atomic mass is 35.5. The molecule has 0 bridgehead atoms. The van der Waals surface area contributed by atoms with Crippen LogP contribution in [0.2, 0.25) is 5.15 Å². The Morgan fingerprint density at radius 3 is 2.70 bits per heavy atom. The molecule has 0 amide bonds. The average Bonchev–Trinajstić information content (AvgIpc) is 2.81. The van der Waals surface area contributed by atoms with Gasteiger partial charge in [0.15, 0.2) is 5.15 Å². The molecule has 0 spiro atoms. The maximum atomic E-state index is 12.6. The molecule has 0 fully saturated rings. The fraction of sp³-hybridized carbons (Fsp3) is 0.154. The zero-order valence-electron chi connectivity index (χ0n) is 10.6. The fourth-order valence-corrected chi connectivity index (χ4v) is 2.22. The minimum atomic E-state index is -0.448. The average molecular weight is 291 g/mol. The van der Waals surface area contributed by atoms with Crippen molar-refractivity contribution in [1.82, 2.24) is 14.7 Å². The smallest absolute Gasteiger partial charge is 0.272 e. The van der Waals surface area contributed by atoms with Gasteiger partial charge in [0.25, 0.3) is 11.3 Å². The molecule has 6 nitrogen and oxygen atoms in total. The maximum Gasteiger partial charge on any atom is 0.272 e. The normalized spacial score (nSPS) is 12.8. The van der Waals surface area contributed by atoms with Crippen LogP contribution in [0.4, 0.5) is 0 Å². The van der Waals surface area contributed by atoms with E-state index in [1.165, 1.54) is 4.57 Å². The summed E-state index contributed by atoms with van der Waals surface area (Å²) in [4.78, 5) is 16.9. The summed E-state index contributed by atoms with van der Waals surface area (Å²) in [5.41, 5.74) is 6.31. The van der Waals surface area contributed by atoms with E-state index in [4.69, 9.17) is 21.9 Å². The van der Waals surface area contributed by atoms with Crippen molar-refractivity contribution >= 4 is 22.7 Å². The molecule has 7 heteroatoms.